The molecule has 2 rings (SSSR count). The number of benzene rings is 1. The van der Waals surface area contributed by atoms with E-state index >= 15 is 0 Å². The third-order valence-corrected chi connectivity index (χ3v) is 4.29. The summed E-state index contributed by atoms with van der Waals surface area (Å²) in [4.78, 5) is 13.8. The number of hydrogen-bond acceptors (Lipinski definition) is 3. The summed E-state index contributed by atoms with van der Waals surface area (Å²) in [7, 11) is 0. The first-order valence-electron chi connectivity index (χ1n) is 7.57. The van der Waals surface area contributed by atoms with E-state index in [2.05, 4.69) is 21.2 Å². The van der Waals surface area contributed by atoms with Crippen molar-refractivity contribution in [2.24, 2.45) is 0 Å². The molecule has 0 aromatic heterocycles. The Morgan fingerprint density at radius 3 is 2.71 bits per heavy atom. The van der Waals surface area contributed by atoms with E-state index in [1.54, 1.807) is 4.90 Å². The van der Waals surface area contributed by atoms with E-state index < -0.39 is 0 Å². The highest BCUT2D eigenvalue weighted by Crippen LogP contribution is 2.30. The van der Waals surface area contributed by atoms with Crippen molar-refractivity contribution < 1.29 is 9.53 Å². The second-order valence-electron chi connectivity index (χ2n) is 5.24. The van der Waals surface area contributed by atoms with Gasteiger partial charge >= 0.3 is 0 Å². The van der Waals surface area contributed by atoms with Crippen LogP contribution in [0.2, 0.25) is 0 Å². The van der Waals surface area contributed by atoms with Gasteiger partial charge < -0.3 is 15.0 Å². The Hall–Kier alpha value is -1.07. The first kappa shape index (κ1) is 16.3. The molecule has 0 radical (unpaired) electrons. The van der Waals surface area contributed by atoms with Crippen LogP contribution in [0.1, 0.15) is 32.3 Å². The van der Waals surface area contributed by atoms with Crippen molar-refractivity contribution in [1.29, 1.82) is 0 Å². The molecule has 1 fully saturated rings. The van der Waals surface area contributed by atoms with E-state index in [-0.39, 0.29) is 12.5 Å². The van der Waals surface area contributed by atoms with Gasteiger partial charge in [-0.25, -0.2) is 0 Å². The predicted octanol–water partition coefficient (Wildman–Crippen LogP) is 2.95. The minimum atomic E-state index is 0.0249. The summed E-state index contributed by atoms with van der Waals surface area (Å²) in [5.41, 5.74) is 1.09. The van der Waals surface area contributed by atoms with E-state index in [4.69, 9.17) is 4.74 Å². The highest BCUT2D eigenvalue weighted by molar-refractivity contribution is 9.10. The topological polar surface area (TPSA) is 41.6 Å². The van der Waals surface area contributed by atoms with Crippen LogP contribution in [-0.4, -0.2) is 36.5 Å². The fourth-order valence-corrected chi connectivity index (χ4v) is 2.72. The minimum absolute atomic E-state index is 0.0249. The van der Waals surface area contributed by atoms with Crippen molar-refractivity contribution in [2.45, 2.75) is 39.3 Å². The summed E-state index contributed by atoms with van der Waals surface area (Å²) in [6.07, 6.45) is 2.51. The van der Waals surface area contributed by atoms with E-state index in [0.29, 0.717) is 19.1 Å². The lowest BCUT2D eigenvalue weighted by Crippen LogP contribution is -2.34. The SMILES string of the molecule is CCN(CC)C(=O)COc1c(Br)cccc1CNC1CC1. The Morgan fingerprint density at radius 2 is 2.10 bits per heavy atom. The van der Waals surface area contributed by atoms with Crippen LogP contribution in [0.25, 0.3) is 0 Å². The molecule has 116 valence electrons. The van der Waals surface area contributed by atoms with Gasteiger partial charge in [-0.05, 0) is 48.7 Å². The van der Waals surface area contributed by atoms with Gasteiger partial charge in [0.05, 0.1) is 4.47 Å². The zero-order valence-electron chi connectivity index (χ0n) is 12.7. The number of amides is 1. The molecule has 1 aliphatic rings. The molecular weight excluding hydrogens is 332 g/mol. The standard InChI is InChI=1S/C16H23BrN2O2/c1-3-19(4-2)15(20)11-21-16-12(6-5-7-14(16)17)10-18-13-8-9-13/h5-7,13,18H,3-4,8-11H2,1-2H3. The molecule has 1 N–H and O–H groups in total. The molecule has 0 unspecified atom stereocenters. The fourth-order valence-electron chi connectivity index (χ4n) is 2.20. The fraction of sp³-hybridized carbons (Fsp3) is 0.562. The lowest BCUT2D eigenvalue weighted by atomic mass is 10.2. The van der Waals surface area contributed by atoms with Gasteiger partial charge in [-0.1, -0.05) is 12.1 Å². The largest absolute Gasteiger partial charge is 0.482 e. The third kappa shape index (κ3) is 4.71. The van der Waals surface area contributed by atoms with Gasteiger partial charge in [-0.2, -0.15) is 0 Å². The summed E-state index contributed by atoms with van der Waals surface area (Å²) in [5.74, 6) is 0.794. The number of nitrogens with zero attached hydrogens (tertiary/aromatic N) is 1. The Labute approximate surface area is 135 Å². The summed E-state index contributed by atoms with van der Waals surface area (Å²) in [6.45, 7) is 6.24. The zero-order valence-corrected chi connectivity index (χ0v) is 14.3. The van der Waals surface area contributed by atoms with Crippen LogP contribution in [0.15, 0.2) is 22.7 Å². The predicted molar refractivity (Wildman–Crippen MR) is 87.4 cm³/mol. The molecule has 1 saturated carbocycles. The van der Waals surface area contributed by atoms with Crippen molar-refractivity contribution in [3.8, 4) is 5.75 Å². The summed E-state index contributed by atoms with van der Waals surface area (Å²) >= 11 is 3.51. The number of para-hydroxylation sites is 1. The molecule has 0 saturated heterocycles. The van der Waals surface area contributed by atoms with Crippen LogP contribution in [0.3, 0.4) is 0 Å². The average molecular weight is 355 g/mol. The summed E-state index contributed by atoms with van der Waals surface area (Å²) < 4.78 is 6.68. The lowest BCUT2D eigenvalue weighted by molar-refractivity contribution is -0.133. The number of carbonyl (C=O) groups is 1. The van der Waals surface area contributed by atoms with Crippen molar-refractivity contribution in [2.75, 3.05) is 19.7 Å². The molecule has 5 heteroatoms. The number of rotatable bonds is 8. The first-order chi connectivity index (χ1) is 10.2. The second-order valence-corrected chi connectivity index (χ2v) is 6.09. The van der Waals surface area contributed by atoms with Crippen LogP contribution in [-0.2, 0) is 11.3 Å². The van der Waals surface area contributed by atoms with Gasteiger partial charge in [0, 0.05) is 31.2 Å². The number of nitrogens with one attached hydrogen (secondary N) is 1. The molecule has 1 aromatic carbocycles. The molecule has 0 bridgehead atoms. The van der Waals surface area contributed by atoms with Gasteiger partial charge in [0.15, 0.2) is 6.61 Å². The van der Waals surface area contributed by atoms with Crippen LogP contribution in [0.5, 0.6) is 5.75 Å². The molecule has 0 heterocycles. The Kier molecular flexibility index (Phi) is 6.06. The van der Waals surface area contributed by atoms with Crippen LogP contribution in [0.4, 0.5) is 0 Å². The van der Waals surface area contributed by atoms with Crippen molar-refractivity contribution in [3.05, 3.63) is 28.2 Å². The highest BCUT2D eigenvalue weighted by Gasteiger charge is 2.21. The maximum atomic E-state index is 12.0. The molecule has 0 atom stereocenters. The third-order valence-electron chi connectivity index (χ3n) is 3.66. The van der Waals surface area contributed by atoms with Gasteiger partial charge in [0.1, 0.15) is 5.75 Å². The van der Waals surface area contributed by atoms with E-state index in [9.17, 15) is 4.79 Å². The zero-order chi connectivity index (χ0) is 15.2. The molecule has 4 nitrogen and oxygen atoms in total. The number of halogens is 1. The van der Waals surface area contributed by atoms with Crippen molar-refractivity contribution in [3.63, 3.8) is 0 Å². The molecular formula is C16H23BrN2O2. The number of ether oxygens (including phenoxy) is 1. The summed E-state index contributed by atoms with van der Waals surface area (Å²) in [5, 5.41) is 3.48. The Bertz CT molecular complexity index is 485. The van der Waals surface area contributed by atoms with Gasteiger partial charge in [0.2, 0.25) is 0 Å². The second kappa shape index (κ2) is 7.80. The Balaban J connectivity index is 1.98. The first-order valence-corrected chi connectivity index (χ1v) is 8.36. The quantitative estimate of drug-likeness (QED) is 0.780. The van der Waals surface area contributed by atoms with E-state index in [1.807, 2.05) is 32.0 Å². The monoisotopic (exact) mass is 354 g/mol. The number of likely N-dealkylation sites (N-methyl/N-ethyl adjacent to an activating group) is 1. The van der Waals surface area contributed by atoms with E-state index in [0.717, 1.165) is 22.3 Å². The lowest BCUT2D eigenvalue weighted by Gasteiger charge is -2.20. The normalized spacial score (nSPS) is 14.0. The van der Waals surface area contributed by atoms with Crippen molar-refractivity contribution >= 4 is 21.8 Å². The van der Waals surface area contributed by atoms with Gasteiger partial charge in [-0.3, -0.25) is 4.79 Å². The highest BCUT2D eigenvalue weighted by atomic mass is 79.9. The van der Waals surface area contributed by atoms with Gasteiger partial charge in [0.25, 0.3) is 5.91 Å². The number of hydrogen-bond donors (Lipinski definition) is 1. The average Bonchev–Trinajstić information content (AvgIpc) is 3.29. The molecule has 1 aliphatic carbocycles. The van der Waals surface area contributed by atoms with E-state index in [1.165, 1.54) is 12.8 Å². The maximum Gasteiger partial charge on any atom is 0.260 e. The number of carbonyl (C=O) groups excluding carboxylic acids is 1. The van der Waals surface area contributed by atoms with Gasteiger partial charge in [-0.15, -0.1) is 0 Å². The summed E-state index contributed by atoms with van der Waals surface area (Å²) in [6, 6.07) is 6.62. The van der Waals surface area contributed by atoms with Crippen LogP contribution in [0, 0.1) is 0 Å². The maximum absolute atomic E-state index is 12.0. The smallest absolute Gasteiger partial charge is 0.260 e. The molecule has 0 aliphatic heterocycles. The Morgan fingerprint density at radius 1 is 1.38 bits per heavy atom. The van der Waals surface area contributed by atoms with Crippen molar-refractivity contribution in [1.82, 2.24) is 10.2 Å². The minimum Gasteiger partial charge on any atom is -0.482 e. The molecule has 0 spiro atoms. The molecule has 1 aromatic rings. The molecule has 1 amide bonds. The van der Waals surface area contributed by atoms with Crippen LogP contribution < -0.4 is 10.1 Å². The molecule has 21 heavy (non-hydrogen) atoms. The van der Waals surface area contributed by atoms with Crippen LogP contribution >= 0.6 is 15.9 Å².